The van der Waals surface area contributed by atoms with Gasteiger partial charge in [-0.3, -0.25) is 4.90 Å². The molecule has 196 valence electrons. The van der Waals surface area contributed by atoms with Gasteiger partial charge < -0.3 is 14.8 Å². The molecule has 0 aliphatic carbocycles. The Hall–Kier alpha value is -1.76. The van der Waals surface area contributed by atoms with E-state index >= 15 is 0 Å². The summed E-state index contributed by atoms with van der Waals surface area (Å²) in [5.41, 5.74) is 4.99. The first kappa shape index (κ1) is 30.5. The van der Waals surface area contributed by atoms with Crippen LogP contribution >= 0.6 is 40.7 Å². The summed E-state index contributed by atoms with van der Waals surface area (Å²) >= 11 is 3.72. The Morgan fingerprint density at radius 3 is 2.25 bits per heavy atom. The maximum Gasteiger partial charge on any atom is 0.175 e. The zero-order valence-corrected chi connectivity index (χ0v) is 24.3. The summed E-state index contributed by atoms with van der Waals surface area (Å²) in [6.07, 6.45) is 2.34. The first-order chi connectivity index (χ1) is 16.6. The number of rotatable bonds is 10. The van der Waals surface area contributed by atoms with Crippen molar-refractivity contribution in [1.29, 1.82) is 0 Å². The van der Waals surface area contributed by atoms with Crippen LogP contribution in [0.3, 0.4) is 0 Å². The van der Waals surface area contributed by atoms with E-state index < -0.39 is 0 Å². The van der Waals surface area contributed by atoms with Gasteiger partial charge in [0.25, 0.3) is 0 Å². The van der Waals surface area contributed by atoms with E-state index in [4.69, 9.17) is 9.47 Å². The summed E-state index contributed by atoms with van der Waals surface area (Å²) in [6, 6.07) is 24.0. The maximum absolute atomic E-state index is 6.16. The van der Waals surface area contributed by atoms with Crippen molar-refractivity contribution >= 4 is 40.7 Å². The lowest BCUT2D eigenvalue weighted by atomic mass is 10.0. The van der Waals surface area contributed by atoms with E-state index in [2.05, 4.69) is 99.8 Å². The normalized spacial score (nSPS) is 14.0. The zero-order valence-electron chi connectivity index (χ0n) is 21.0. The van der Waals surface area contributed by atoms with E-state index in [9.17, 15) is 0 Å². The molecular formula is C29H37BrCl2N2O2. The molecule has 0 aromatic heterocycles. The van der Waals surface area contributed by atoms with Crippen molar-refractivity contribution in [3.8, 4) is 11.5 Å². The van der Waals surface area contributed by atoms with Gasteiger partial charge in [0.2, 0.25) is 0 Å². The second-order valence-corrected chi connectivity index (χ2v) is 9.88. The van der Waals surface area contributed by atoms with Crippen LogP contribution in [0.1, 0.15) is 42.0 Å². The zero-order chi connectivity index (χ0) is 23.8. The predicted molar refractivity (Wildman–Crippen MR) is 157 cm³/mol. The molecule has 0 bridgehead atoms. The van der Waals surface area contributed by atoms with E-state index in [1.54, 1.807) is 0 Å². The molecule has 0 saturated carbocycles. The van der Waals surface area contributed by atoms with Gasteiger partial charge in [-0.2, -0.15) is 0 Å². The van der Waals surface area contributed by atoms with Gasteiger partial charge in [-0.25, -0.2) is 0 Å². The average molecular weight is 596 g/mol. The molecule has 1 aliphatic heterocycles. The van der Waals surface area contributed by atoms with E-state index in [1.165, 1.54) is 29.5 Å². The summed E-state index contributed by atoms with van der Waals surface area (Å²) in [7, 11) is 0. The molecule has 4 rings (SSSR count). The monoisotopic (exact) mass is 594 g/mol. The fourth-order valence-corrected chi connectivity index (χ4v) is 4.97. The molecule has 0 spiro atoms. The van der Waals surface area contributed by atoms with Crippen LogP contribution in [0.4, 0.5) is 0 Å². The number of aryl methyl sites for hydroxylation is 1. The van der Waals surface area contributed by atoms with Gasteiger partial charge >= 0.3 is 0 Å². The number of nitrogens with one attached hydrogen (secondary N) is 1. The van der Waals surface area contributed by atoms with Crippen molar-refractivity contribution < 1.29 is 9.47 Å². The molecule has 1 saturated heterocycles. The van der Waals surface area contributed by atoms with Crippen molar-refractivity contribution in [3.63, 3.8) is 0 Å². The summed E-state index contributed by atoms with van der Waals surface area (Å²) in [4.78, 5) is 2.55. The fourth-order valence-electron chi connectivity index (χ4n) is 4.37. The third kappa shape index (κ3) is 8.97. The molecule has 4 nitrogen and oxygen atoms in total. The third-order valence-corrected chi connectivity index (χ3v) is 6.89. The predicted octanol–water partition coefficient (Wildman–Crippen LogP) is 7.33. The lowest BCUT2D eigenvalue weighted by Gasteiger charge is -2.32. The molecule has 0 amide bonds. The van der Waals surface area contributed by atoms with Gasteiger partial charge in [0.1, 0.15) is 6.61 Å². The van der Waals surface area contributed by atoms with Gasteiger partial charge in [0.15, 0.2) is 11.5 Å². The quantitative estimate of drug-likeness (QED) is 0.266. The van der Waals surface area contributed by atoms with E-state index in [1.807, 2.05) is 6.92 Å². The number of halogens is 3. The fraction of sp³-hybridized carbons (Fsp3) is 0.379. The lowest BCUT2D eigenvalue weighted by molar-refractivity contribution is 0.190. The third-order valence-electron chi connectivity index (χ3n) is 6.30. The molecule has 1 N–H and O–H groups in total. The molecule has 1 heterocycles. The molecule has 3 aromatic rings. The number of hydrogen-bond acceptors (Lipinski definition) is 4. The van der Waals surface area contributed by atoms with Crippen molar-refractivity contribution in [1.82, 2.24) is 10.2 Å². The highest BCUT2D eigenvalue weighted by atomic mass is 79.9. The molecule has 1 aliphatic rings. The Morgan fingerprint density at radius 2 is 1.58 bits per heavy atom. The SMILES string of the molecule is CCOc1cc(CNC2CCN(Cc3ccccc3)CC2)cc(Br)c1OCc1ccc(C)cc1.Cl.Cl. The van der Waals surface area contributed by atoms with E-state index in [0.29, 0.717) is 19.3 Å². The molecule has 7 heteroatoms. The first-order valence-electron chi connectivity index (χ1n) is 12.2. The average Bonchev–Trinajstić information content (AvgIpc) is 2.85. The minimum atomic E-state index is 0. The van der Waals surface area contributed by atoms with Gasteiger partial charge in [-0.15, -0.1) is 24.8 Å². The minimum absolute atomic E-state index is 0. The van der Waals surface area contributed by atoms with Crippen LogP contribution in [0.2, 0.25) is 0 Å². The van der Waals surface area contributed by atoms with Crippen LogP contribution in [0, 0.1) is 6.92 Å². The summed E-state index contributed by atoms with van der Waals surface area (Å²) in [6.45, 7) is 9.34. The molecular weight excluding hydrogens is 559 g/mol. The summed E-state index contributed by atoms with van der Waals surface area (Å²) in [5.74, 6) is 1.55. The molecule has 0 unspecified atom stereocenters. The van der Waals surface area contributed by atoms with E-state index in [-0.39, 0.29) is 24.8 Å². The van der Waals surface area contributed by atoms with Crippen LogP contribution in [0.25, 0.3) is 0 Å². The number of ether oxygens (including phenoxy) is 2. The van der Waals surface area contributed by atoms with Crippen LogP contribution in [-0.4, -0.2) is 30.6 Å². The highest BCUT2D eigenvalue weighted by Crippen LogP contribution is 2.37. The summed E-state index contributed by atoms with van der Waals surface area (Å²) in [5, 5.41) is 3.76. The Balaban J connectivity index is 0.00000228. The topological polar surface area (TPSA) is 33.7 Å². The molecule has 0 atom stereocenters. The Kier molecular flexibility index (Phi) is 13.1. The molecule has 36 heavy (non-hydrogen) atoms. The standard InChI is InChI=1S/C29H35BrN2O2.2ClH/c1-3-33-28-18-25(17-27(30)29(28)34-21-24-11-9-22(2)10-12-24)19-31-26-13-15-32(16-14-26)20-23-7-5-4-6-8-23;;/h4-12,17-18,26,31H,3,13-16,19-21H2,1-2H3;2*1H. The molecule has 3 aromatic carbocycles. The van der Waals surface area contributed by atoms with Crippen LogP contribution in [0.5, 0.6) is 11.5 Å². The Morgan fingerprint density at radius 1 is 0.889 bits per heavy atom. The smallest absolute Gasteiger partial charge is 0.175 e. The number of likely N-dealkylation sites (tertiary alicyclic amines) is 1. The minimum Gasteiger partial charge on any atom is -0.490 e. The Labute approximate surface area is 236 Å². The number of nitrogens with zero attached hydrogens (tertiary/aromatic N) is 1. The second-order valence-electron chi connectivity index (χ2n) is 9.03. The second kappa shape index (κ2) is 15.5. The van der Waals surface area contributed by atoms with Gasteiger partial charge in [-0.1, -0.05) is 60.2 Å². The van der Waals surface area contributed by atoms with Crippen molar-refractivity contribution in [2.75, 3.05) is 19.7 Å². The summed E-state index contributed by atoms with van der Waals surface area (Å²) < 4.78 is 13.0. The van der Waals surface area contributed by atoms with Crippen LogP contribution in [-0.2, 0) is 19.7 Å². The van der Waals surface area contributed by atoms with Crippen molar-refractivity contribution in [3.05, 3.63) is 93.5 Å². The number of hydrogen-bond donors (Lipinski definition) is 1. The Bertz CT molecular complexity index is 1040. The van der Waals surface area contributed by atoms with Gasteiger partial charge in [0.05, 0.1) is 11.1 Å². The van der Waals surface area contributed by atoms with Crippen molar-refractivity contribution in [2.24, 2.45) is 0 Å². The highest BCUT2D eigenvalue weighted by Gasteiger charge is 2.19. The maximum atomic E-state index is 6.16. The van der Waals surface area contributed by atoms with Crippen molar-refractivity contribution in [2.45, 2.75) is 52.4 Å². The number of piperidine rings is 1. The highest BCUT2D eigenvalue weighted by molar-refractivity contribution is 9.10. The first-order valence-corrected chi connectivity index (χ1v) is 13.0. The van der Waals surface area contributed by atoms with Crippen LogP contribution in [0.15, 0.2) is 71.2 Å². The largest absolute Gasteiger partial charge is 0.490 e. The molecule has 0 radical (unpaired) electrons. The van der Waals surface area contributed by atoms with Gasteiger partial charge in [-0.05, 0) is 84.5 Å². The number of benzene rings is 3. The van der Waals surface area contributed by atoms with E-state index in [0.717, 1.165) is 47.7 Å². The van der Waals surface area contributed by atoms with Crippen LogP contribution < -0.4 is 14.8 Å². The van der Waals surface area contributed by atoms with Gasteiger partial charge in [0, 0.05) is 19.1 Å². The molecule has 1 fully saturated rings. The lowest BCUT2D eigenvalue weighted by Crippen LogP contribution is -2.41.